The Morgan fingerprint density at radius 2 is 1.73 bits per heavy atom. The van der Waals surface area contributed by atoms with Gasteiger partial charge in [0, 0.05) is 6.42 Å². The van der Waals surface area contributed by atoms with E-state index >= 15 is 0 Å². The summed E-state index contributed by atoms with van der Waals surface area (Å²) in [5, 5.41) is 0. The van der Waals surface area contributed by atoms with Crippen LogP contribution in [0.5, 0.6) is 0 Å². The molecule has 15 heavy (non-hydrogen) atoms. The molecule has 0 aromatic heterocycles. The molecule has 0 spiro atoms. The second-order valence-electron chi connectivity index (χ2n) is 3.83. The van der Waals surface area contributed by atoms with E-state index in [4.69, 9.17) is 0 Å². The maximum absolute atomic E-state index is 12.1. The number of hydrogen-bond acceptors (Lipinski definition) is 2. The number of alkyl halides is 3. The fourth-order valence-electron chi connectivity index (χ4n) is 1.81. The minimum atomic E-state index is -4.88. The molecule has 0 aliphatic heterocycles. The number of rotatable bonds is 1. The number of hydrogen-bond donors (Lipinski definition) is 0. The molecule has 5 heteroatoms. The molecular weight excluding hydrogens is 209 g/mol. The molecule has 1 saturated carbocycles. The Labute approximate surface area is 85.8 Å². The van der Waals surface area contributed by atoms with Crippen molar-refractivity contribution in [3.63, 3.8) is 0 Å². The molecule has 0 aromatic rings. The molecule has 0 radical (unpaired) electrons. The standard InChI is InChI=1S/C10H13F3O2/c11-10(12,13)9(15)7-5-3-1-2-4-6-8(7)14/h7H,1-6H2/t7-/m1/s1. The van der Waals surface area contributed by atoms with Gasteiger partial charge in [-0.3, -0.25) is 9.59 Å². The molecule has 1 atom stereocenters. The van der Waals surface area contributed by atoms with Crippen LogP contribution in [0.2, 0.25) is 0 Å². The second kappa shape index (κ2) is 4.77. The number of Topliss-reactive ketones (excluding diaryl/α,β-unsaturated/α-hetero) is 2. The van der Waals surface area contributed by atoms with E-state index in [0.717, 1.165) is 12.8 Å². The van der Waals surface area contributed by atoms with Crippen molar-refractivity contribution >= 4 is 11.6 Å². The van der Waals surface area contributed by atoms with Crippen LogP contribution in [0.3, 0.4) is 0 Å². The summed E-state index contributed by atoms with van der Waals surface area (Å²) >= 11 is 0. The van der Waals surface area contributed by atoms with Gasteiger partial charge in [0.1, 0.15) is 5.78 Å². The molecule has 1 aliphatic carbocycles. The van der Waals surface area contributed by atoms with Crippen LogP contribution in [-0.2, 0) is 9.59 Å². The van der Waals surface area contributed by atoms with Gasteiger partial charge in [0.15, 0.2) is 0 Å². The largest absolute Gasteiger partial charge is 0.450 e. The van der Waals surface area contributed by atoms with E-state index in [2.05, 4.69) is 0 Å². The van der Waals surface area contributed by atoms with Gasteiger partial charge in [0.2, 0.25) is 5.78 Å². The van der Waals surface area contributed by atoms with Gasteiger partial charge in [0.05, 0.1) is 5.92 Å². The van der Waals surface area contributed by atoms with Gasteiger partial charge in [-0.25, -0.2) is 0 Å². The number of carbonyl (C=O) groups is 2. The van der Waals surface area contributed by atoms with E-state index in [1.54, 1.807) is 0 Å². The zero-order valence-electron chi connectivity index (χ0n) is 8.27. The summed E-state index contributed by atoms with van der Waals surface area (Å²) in [6.07, 6.45) is -1.94. The molecule has 2 nitrogen and oxygen atoms in total. The van der Waals surface area contributed by atoms with E-state index in [9.17, 15) is 22.8 Å². The fraction of sp³-hybridized carbons (Fsp3) is 0.800. The molecule has 0 N–H and O–H groups in total. The van der Waals surface area contributed by atoms with Gasteiger partial charge >= 0.3 is 6.18 Å². The smallest absolute Gasteiger partial charge is 0.299 e. The summed E-state index contributed by atoms with van der Waals surface area (Å²) in [5.74, 6) is -3.85. The fourth-order valence-corrected chi connectivity index (χ4v) is 1.81. The van der Waals surface area contributed by atoms with E-state index in [0.29, 0.717) is 12.8 Å². The molecule has 0 unspecified atom stereocenters. The van der Waals surface area contributed by atoms with Gasteiger partial charge in [0.25, 0.3) is 0 Å². The average molecular weight is 222 g/mol. The van der Waals surface area contributed by atoms with Gasteiger partial charge in [-0.05, 0) is 12.8 Å². The van der Waals surface area contributed by atoms with Crippen molar-refractivity contribution in [1.82, 2.24) is 0 Å². The summed E-state index contributed by atoms with van der Waals surface area (Å²) < 4.78 is 36.4. The number of ketones is 2. The Balaban J connectivity index is 2.71. The highest BCUT2D eigenvalue weighted by atomic mass is 19.4. The highest BCUT2D eigenvalue weighted by Crippen LogP contribution is 2.27. The van der Waals surface area contributed by atoms with E-state index < -0.39 is 23.7 Å². The molecule has 1 rings (SSSR count). The van der Waals surface area contributed by atoms with Crippen molar-refractivity contribution in [2.75, 3.05) is 0 Å². The van der Waals surface area contributed by atoms with Gasteiger partial charge in [-0.2, -0.15) is 13.2 Å². The Bertz CT molecular complexity index is 258. The van der Waals surface area contributed by atoms with Crippen molar-refractivity contribution in [1.29, 1.82) is 0 Å². The van der Waals surface area contributed by atoms with E-state index in [-0.39, 0.29) is 12.8 Å². The normalized spacial score (nSPS) is 24.5. The molecule has 0 saturated heterocycles. The SMILES string of the molecule is O=C1CCCCCC[C@H]1C(=O)C(F)(F)F. The van der Waals surface area contributed by atoms with E-state index in [1.165, 1.54) is 0 Å². The van der Waals surface area contributed by atoms with Crippen molar-refractivity contribution in [3.8, 4) is 0 Å². The predicted octanol–water partition coefficient (Wildman–Crippen LogP) is 2.66. The minimum absolute atomic E-state index is 0.0528. The third-order valence-corrected chi connectivity index (χ3v) is 2.65. The molecular formula is C10H13F3O2. The summed E-state index contributed by atoms with van der Waals surface area (Å²) in [4.78, 5) is 22.3. The Kier molecular flexibility index (Phi) is 3.88. The quantitative estimate of drug-likeness (QED) is 0.639. The van der Waals surface area contributed by atoms with Crippen LogP contribution in [0.4, 0.5) is 13.2 Å². The van der Waals surface area contributed by atoms with Gasteiger partial charge in [-0.1, -0.05) is 19.3 Å². The van der Waals surface area contributed by atoms with Crippen molar-refractivity contribution in [2.24, 2.45) is 5.92 Å². The van der Waals surface area contributed by atoms with Gasteiger partial charge < -0.3 is 0 Å². The van der Waals surface area contributed by atoms with Crippen molar-refractivity contribution in [3.05, 3.63) is 0 Å². The maximum Gasteiger partial charge on any atom is 0.450 e. The lowest BCUT2D eigenvalue weighted by molar-refractivity contribution is -0.177. The van der Waals surface area contributed by atoms with Crippen LogP contribution >= 0.6 is 0 Å². The van der Waals surface area contributed by atoms with Crippen LogP contribution < -0.4 is 0 Å². The van der Waals surface area contributed by atoms with Crippen molar-refractivity contribution in [2.45, 2.75) is 44.7 Å². The molecule has 0 aromatic carbocycles. The van der Waals surface area contributed by atoms with Gasteiger partial charge in [-0.15, -0.1) is 0 Å². The second-order valence-corrected chi connectivity index (χ2v) is 3.83. The minimum Gasteiger partial charge on any atom is -0.299 e. The number of halogens is 3. The molecule has 1 fully saturated rings. The first kappa shape index (κ1) is 12.2. The van der Waals surface area contributed by atoms with Crippen LogP contribution in [0.1, 0.15) is 38.5 Å². The first-order valence-electron chi connectivity index (χ1n) is 5.06. The molecule has 0 bridgehead atoms. The zero-order chi connectivity index (χ0) is 11.5. The van der Waals surface area contributed by atoms with E-state index in [1.807, 2.05) is 0 Å². The Hall–Kier alpha value is -0.870. The topological polar surface area (TPSA) is 34.1 Å². The van der Waals surface area contributed by atoms with Crippen LogP contribution in [0.15, 0.2) is 0 Å². The average Bonchev–Trinajstić information content (AvgIpc) is 2.10. The zero-order valence-corrected chi connectivity index (χ0v) is 8.27. The molecule has 0 heterocycles. The lowest BCUT2D eigenvalue weighted by Gasteiger charge is -2.18. The van der Waals surface area contributed by atoms with Crippen molar-refractivity contribution < 1.29 is 22.8 Å². The Morgan fingerprint density at radius 1 is 1.13 bits per heavy atom. The predicted molar refractivity (Wildman–Crippen MR) is 47.3 cm³/mol. The highest BCUT2D eigenvalue weighted by Gasteiger charge is 2.45. The van der Waals surface area contributed by atoms with Crippen LogP contribution in [-0.4, -0.2) is 17.7 Å². The maximum atomic E-state index is 12.1. The third kappa shape index (κ3) is 3.32. The Morgan fingerprint density at radius 3 is 2.33 bits per heavy atom. The summed E-state index contributed by atoms with van der Waals surface area (Å²) in [5.41, 5.74) is 0. The lowest BCUT2D eigenvalue weighted by Crippen LogP contribution is -2.35. The van der Waals surface area contributed by atoms with Crippen LogP contribution in [0.25, 0.3) is 0 Å². The summed E-state index contributed by atoms with van der Waals surface area (Å²) in [6, 6.07) is 0. The molecule has 0 amide bonds. The first-order chi connectivity index (χ1) is 6.93. The first-order valence-corrected chi connectivity index (χ1v) is 5.06. The number of carbonyl (C=O) groups excluding carboxylic acids is 2. The third-order valence-electron chi connectivity index (χ3n) is 2.65. The lowest BCUT2D eigenvalue weighted by atomic mass is 9.87. The molecule has 86 valence electrons. The summed E-state index contributed by atoms with van der Waals surface area (Å²) in [6.45, 7) is 0. The molecule has 1 aliphatic rings. The monoisotopic (exact) mass is 222 g/mol. The highest BCUT2D eigenvalue weighted by molar-refractivity contribution is 6.04. The van der Waals surface area contributed by atoms with Crippen LogP contribution in [0, 0.1) is 5.92 Å². The summed E-state index contributed by atoms with van der Waals surface area (Å²) in [7, 11) is 0.